The Morgan fingerprint density at radius 3 is 0.900 bits per heavy atom. The highest BCUT2D eigenvalue weighted by molar-refractivity contribution is 6.22. The second kappa shape index (κ2) is 6.11. The molecule has 0 aliphatic rings. The van der Waals surface area contributed by atoms with Gasteiger partial charge in [-0.15, -0.1) is 0 Å². The summed E-state index contributed by atoms with van der Waals surface area (Å²) < 4.78 is 80.3. The molecule has 150 valence electrons. The van der Waals surface area contributed by atoms with Gasteiger partial charge in [-0.2, -0.15) is 26.3 Å². The van der Waals surface area contributed by atoms with E-state index in [-0.39, 0.29) is 10.8 Å². The van der Waals surface area contributed by atoms with Gasteiger partial charge < -0.3 is 0 Å². The second-order valence-electron chi connectivity index (χ2n) is 7.18. The standard InChI is InChI=1S/C24H12F6/c25-23(26,27)21-5-1-3-13-15-7-8-16-14-4-2-6-22(24(28,29)30)20(14)12-10-18(16)17(15)9-11-19(13)21/h1-12H. The third-order valence-electron chi connectivity index (χ3n) is 5.52. The van der Waals surface area contributed by atoms with Gasteiger partial charge in [-0.05, 0) is 55.2 Å². The first-order chi connectivity index (χ1) is 14.2. The van der Waals surface area contributed by atoms with Crippen LogP contribution in [0.1, 0.15) is 11.1 Å². The van der Waals surface area contributed by atoms with Crippen LogP contribution in [0.25, 0.3) is 43.1 Å². The van der Waals surface area contributed by atoms with Crippen molar-refractivity contribution in [3.05, 3.63) is 83.9 Å². The lowest BCUT2D eigenvalue weighted by Gasteiger charge is -2.15. The van der Waals surface area contributed by atoms with E-state index in [1.807, 2.05) is 0 Å². The molecule has 0 N–H and O–H groups in total. The first-order valence-electron chi connectivity index (χ1n) is 9.10. The summed E-state index contributed by atoms with van der Waals surface area (Å²) in [5.74, 6) is 0. The van der Waals surface area contributed by atoms with E-state index < -0.39 is 23.5 Å². The van der Waals surface area contributed by atoms with E-state index in [4.69, 9.17) is 0 Å². The van der Waals surface area contributed by atoms with E-state index >= 15 is 0 Å². The van der Waals surface area contributed by atoms with Crippen molar-refractivity contribution < 1.29 is 26.3 Å². The highest BCUT2D eigenvalue weighted by Gasteiger charge is 2.33. The van der Waals surface area contributed by atoms with Gasteiger partial charge in [0.25, 0.3) is 0 Å². The van der Waals surface area contributed by atoms with Gasteiger partial charge in [0, 0.05) is 0 Å². The quantitative estimate of drug-likeness (QED) is 0.176. The minimum Gasteiger partial charge on any atom is -0.166 e. The van der Waals surface area contributed by atoms with Crippen LogP contribution in [-0.4, -0.2) is 0 Å². The monoisotopic (exact) mass is 414 g/mol. The average molecular weight is 414 g/mol. The zero-order valence-corrected chi connectivity index (χ0v) is 15.2. The van der Waals surface area contributed by atoms with E-state index in [1.54, 1.807) is 36.4 Å². The fourth-order valence-corrected chi connectivity index (χ4v) is 4.25. The number of rotatable bonds is 0. The molecule has 0 bridgehead atoms. The molecule has 0 heterocycles. The van der Waals surface area contributed by atoms with Crippen molar-refractivity contribution in [1.82, 2.24) is 0 Å². The largest absolute Gasteiger partial charge is 0.417 e. The van der Waals surface area contributed by atoms with E-state index in [0.717, 1.165) is 12.1 Å². The maximum absolute atomic E-state index is 13.4. The number of benzene rings is 5. The van der Waals surface area contributed by atoms with E-state index in [1.165, 1.54) is 24.3 Å². The summed E-state index contributed by atoms with van der Waals surface area (Å²) in [6.07, 6.45) is -8.96. The number of hydrogen-bond acceptors (Lipinski definition) is 0. The Hall–Kier alpha value is -3.28. The molecule has 5 rings (SSSR count). The summed E-state index contributed by atoms with van der Waals surface area (Å²) >= 11 is 0. The summed E-state index contributed by atoms with van der Waals surface area (Å²) in [6, 6.07) is 17.5. The van der Waals surface area contributed by atoms with Crippen molar-refractivity contribution in [3.63, 3.8) is 0 Å². The molecule has 0 fully saturated rings. The molecule has 30 heavy (non-hydrogen) atoms. The average Bonchev–Trinajstić information content (AvgIpc) is 2.70. The minimum absolute atomic E-state index is 0.0944. The lowest BCUT2D eigenvalue weighted by molar-refractivity contribution is -0.137. The fraction of sp³-hybridized carbons (Fsp3) is 0.0833. The Balaban J connectivity index is 1.89. The van der Waals surface area contributed by atoms with Gasteiger partial charge in [-0.1, -0.05) is 60.7 Å². The third kappa shape index (κ3) is 2.70. The molecule has 0 nitrogen and oxygen atoms in total. The molecule has 0 amide bonds. The summed E-state index contributed by atoms with van der Waals surface area (Å²) in [5.41, 5.74) is -1.43. The van der Waals surface area contributed by atoms with Crippen LogP contribution in [0.4, 0.5) is 26.3 Å². The van der Waals surface area contributed by atoms with Gasteiger partial charge in [-0.3, -0.25) is 0 Å². The SMILES string of the molecule is FC(F)(F)c1cccc2c1ccc1c2ccc2c3cccc(C(F)(F)F)c3ccc21. The van der Waals surface area contributed by atoms with Crippen LogP contribution < -0.4 is 0 Å². The van der Waals surface area contributed by atoms with Crippen molar-refractivity contribution in [3.8, 4) is 0 Å². The molecular weight excluding hydrogens is 402 g/mol. The fourth-order valence-electron chi connectivity index (χ4n) is 4.25. The number of alkyl halides is 6. The summed E-state index contributed by atoms with van der Waals surface area (Å²) in [4.78, 5) is 0. The van der Waals surface area contributed by atoms with Crippen LogP contribution in [0.5, 0.6) is 0 Å². The highest BCUT2D eigenvalue weighted by Crippen LogP contribution is 2.41. The third-order valence-corrected chi connectivity index (χ3v) is 5.52. The maximum Gasteiger partial charge on any atom is 0.417 e. The van der Waals surface area contributed by atoms with Crippen LogP contribution in [0.15, 0.2) is 72.8 Å². The van der Waals surface area contributed by atoms with Gasteiger partial charge in [0.1, 0.15) is 0 Å². The van der Waals surface area contributed by atoms with Crippen molar-refractivity contribution in [1.29, 1.82) is 0 Å². The lowest BCUT2D eigenvalue weighted by Crippen LogP contribution is -2.05. The molecule has 0 atom stereocenters. The van der Waals surface area contributed by atoms with Gasteiger partial charge >= 0.3 is 12.4 Å². The second-order valence-corrected chi connectivity index (χ2v) is 7.18. The molecule has 0 aromatic heterocycles. The van der Waals surface area contributed by atoms with Gasteiger partial charge in [0.05, 0.1) is 11.1 Å². The zero-order chi connectivity index (χ0) is 21.3. The van der Waals surface area contributed by atoms with E-state index in [9.17, 15) is 26.3 Å². The summed E-state index contributed by atoms with van der Waals surface area (Å²) in [5, 5.41) is 3.72. The van der Waals surface area contributed by atoms with Crippen LogP contribution in [0.2, 0.25) is 0 Å². The van der Waals surface area contributed by atoms with Crippen LogP contribution in [0.3, 0.4) is 0 Å². The summed E-state index contributed by atoms with van der Waals surface area (Å²) in [6.45, 7) is 0. The molecule has 5 aromatic carbocycles. The molecular formula is C24H12F6. The Morgan fingerprint density at radius 2 is 0.600 bits per heavy atom. The predicted molar refractivity (Wildman–Crippen MR) is 106 cm³/mol. The van der Waals surface area contributed by atoms with Crippen molar-refractivity contribution in [2.24, 2.45) is 0 Å². The Labute approximate surface area is 166 Å². The van der Waals surface area contributed by atoms with Gasteiger partial charge in [-0.25, -0.2) is 0 Å². The number of hydrogen-bond donors (Lipinski definition) is 0. The first-order valence-corrected chi connectivity index (χ1v) is 9.10. The molecule has 0 radical (unpaired) electrons. The molecule has 0 saturated carbocycles. The van der Waals surface area contributed by atoms with Crippen LogP contribution >= 0.6 is 0 Å². The van der Waals surface area contributed by atoms with Crippen LogP contribution in [0, 0.1) is 0 Å². The Kier molecular flexibility index (Phi) is 3.81. The lowest BCUT2D eigenvalue weighted by atomic mass is 9.92. The Morgan fingerprint density at radius 1 is 0.333 bits per heavy atom. The van der Waals surface area contributed by atoms with E-state index in [2.05, 4.69) is 0 Å². The predicted octanol–water partition coefficient (Wildman–Crippen LogP) is 8.34. The normalized spacial score (nSPS) is 13.0. The van der Waals surface area contributed by atoms with E-state index in [0.29, 0.717) is 32.3 Å². The molecule has 0 aliphatic heterocycles. The number of fused-ring (bicyclic) bond motifs is 7. The minimum atomic E-state index is -4.48. The van der Waals surface area contributed by atoms with Gasteiger partial charge in [0.15, 0.2) is 0 Å². The van der Waals surface area contributed by atoms with Crippen molar-refractivity contribution in [2.75, 3.05) is 0 Å². The number of halogens is 6. The van der Waals surface area contributed by atoms with Crippen molar-refractivity contribution in [2.45, 2.75) is 12.4 Å². The maximum atomic E-state index is 13.4. The molecule has 5 aromatic rings. The molecule has 0 unspecified atom stereocenters. The van der Waals surface area contributed by atoms with Crippen LogP contribution in [-0.2, 0) is 12.4 Å². The zero-order valence-electron chi connectivity index (χ0n) is 15.2. The molecule has 0 spiro atoms. The molecule has 0 saturated heterocycles. The highest BCUT2D eigenvalue weighted by atomic mass is 19.4. The van der Waals surface area contributed by atoms with Gasteiger partial charge in [0.2, 0.25) is 0 Å². The first kappa shape index (κ1) is 18.7. The molecule has 6 heteroatoms. The van der Waals surface area contributed by atoms with Crippen molar-refractivity contribution >= 4 is 43.1 Å². The molecule has 0 aliphatic carbocycles. The summed E-state index contributed by atoms with van der Waals surface area (Å²) in [7, 11) is 0. The smallest absolute Gasteiger partial charge is 0.166 e. The Bertz CT molecular complexity index is 1350. The topological polar surface area (TPSA) is 0 Å².